The molecule has 27 heavy (non-hydrogen) atoms. The molecule has 1 aliphatic heterocycles. The topological polar surface area (TPSA) is 58.4 Å². The first kappa shape index (κ1) is 24.1. The van der Waals surface area contributed by atoms with Crippen molar-refractivity contribution in [2.75, 3.05) is 20.1 Å². The van der Waals surface area contributed by atoms with E-state index in [1.165, 1.54) is 0 Å². The van der Waals surface area contributed by atoms with Crippen LogP contribution in [0.5, 0.6) is 0 Å². The van der Waals surface area contributed by atoms with Gasteiger partial charge in [-0.25, -0.2) is 4.98 Å². The third kappa shape index (κ3) is 6.26. The van der Waals surface area contributed by atoms with Crippen molar-refractivity contribution in [1.82, 2.24) is 15.2 Å². The summed E-state index contributed by atoms with van der Waals surface area (Å²) in [5.74, 6) is 1.24. The Hall–Kier alpha value is -0.980. The molecule has 1 aliphatic rings. The number of rotatable bonds is 5. The zero-order chi connectivity index (χ0) is 17.8. The number of aromatic nitrogens is 1. The van der Waals surface area contributed by atoms with Gasteiger partial charge in [-0.1, -0.05) is 23.2 Å². The number of aryl methyl sites for hydroxylation is 1. The van der Waals surface area contributed by atoms with Crippen LogP contribution < -0.4 is 5.32 Å². The van der Waals surface area contributed by atoms with Gasteiger partial charge in [0.25, 0.3) is 0 Å². The van der Waals surface area contributed by atoms with Crippen molar-refractivity contribution in [1.29, 1.82) is 0 Å². The van der Waals surface area contributed by atoms with E-state index in [0.29, 0.717) is 40.6 Å². The molecule has 2 heterocycles. The minimum Gasteiger partial charge on any atom is -0.441 e. The van der Waals surface area contributed by atoms with Crippen LogP contribution in [0, 0.1) is 0 Å². The number of amides is 1. The monoisotopic (exact) mass is 453 g/mol. The molecular weight excluding hydrogens is 432 g/mol. The molecule has 0 atom stereocenters. The Morgan fingerprint density at radius 2 is 2.00 bits per heavy atom. The number of hydrogen-bond donors (Lipinski definition) is 1. The maximum absolute atomic E-state index is 12.4. The molecule has 0 saturated carbocycles. The van der Waals surface area contributed by atoms with Gasteiger partial charge >= 0.3 is 0 Å². The van der Waals surface area contributed by atoms with E-state index in [-0.39, 0.29) is 30.7 Å². The fourth-order valence-electron chi connectivity index (χ4n) is 3.03. The lowest BCUT2D eigenvalue weighted by molar-refractivity contribution is -0.132. The van der Waals surface area contributed by atoms with Crippen LogP contribution in [-0.2, 0) is 11.2 Å². The van der Waals surface area contributed by atoms with Crippen LogP contribution in [0.4, 0.5) is 0 Å². The summed E-state index contributed by atoms with van der Waals surface area (Å²) in [6, 6.07) is 5.53. The average Bonchev–Trinajstić information content (AvgIpc) is 3.08. The van der Waals surface area contributed by atoms with Crippen LogP contribution in [0.15, 0.2) is 28.8 Å². The van der Waals surface area contributed by atoms with Crippen molar-refractivity contribution in [3.8, 4) is 11.3 Å². The van der Waals surface area contributed by atoms with Gasteiger partial charge in [0.05, 0.1) is 11.2 Å². The standard InChI is InChI=1S/C18H21Cl2N3O2.2ClH/c1-23(13-6-8-21-9-7-13)18(24)5-4-17-22-11-16(25-17)14-3-2-12(19)10-15(14)20;;/h2-3,10-11,13,21H,4-9H2,1H3;2*1H. The Kier molecular flexibility index (Phi) is 9.91. The van der Waals surface area contributed by atoms with Gasteiger partial charge in [0.15, 0.2) is 11.7 Å². The highest BCUT2D eigenvalue weighted by Gasteiger charge is 2.22. The first-order valence-corrected chi connectivity index (χ1v) is 9.16. The van der Waals surface area contributed by atoms with Gasteiger partial charge in [-0.3, -0.25) is 4.79 Å². The molecule has 2 aromatic rings. The van der Waals surface area contributed by atoms with Crippen LogP contribution in [0.1, 0.15) is 25.2 Å². The fraction of sp³-hybridized carbons (Fsp3) is 0.444. The van der Waals surface area contributed by atoms with E-state index in [4.69, 9.17) is 27.6 Å². The quantitative estimate of drug-likeness (QED) is 0.715. The highest BCUT2D eigenvalue weighted by atomic mass is 35.5. The largest absolute Gasteiger partial charge is 0.441 e. The third-order valence-corrected chi connectivity index (χ3v) is 5.10. The number of halogens is 4. The summed E-state index contributed by atoms with van der Waals surface area (Å²) < 4.78 is 5.75. The molecule has 1 N–H and O–H groups in total. The molecule has 0 unspecified atom stereocenters. The summed E-state index contributed by atoms with van der Waals surface area (Å²) in [5.41, 5.74) is 0.739. The third-order valence-electron chi connectivity index (χ3n) is 4.55. The van der Waals surface area contributed by atoms with Gasteiger partial charge in [-0.15, -0.1) is 24.8 Å². The van der Waals surface area contributed by atoms with E-state index in [1.54, 1.807) is 24.4 Å². The van der Waals surface area contributed by atoms with Crippen molar-refractivity contribution in [2.45, 2.75) is 31.7 Å². The van der Waals surface area contributed by atoms with Crippen molar-refractivity contribution < 1.29 is 9.21 Å². The predicted molar refractivity (Wildman–Crippen MR) is 113 cm³/mol. The smallest absolute Gasteiger partial charge is 0.223 e. The Morgan fingerprint density at radius 3 is 2.67 bits per heavy atom. The van der Waals surface area contributed by atoms with Gasteiger partial charge in [0.2, 0.25) is 5.91 Å². The van der Waals surface area contributed by atoms with Crippen LogP contribution in [0.2, 0.25) is 10.0 Å². The molecule has 1 aromatic carbocycles. The highest BCUT2D eigenvalue weighted by molar-refractivity contribution is 6.36. The summed E-state index contributed by atoms with van der Waals surface area (Å²) in [7, 11) is 1.88. The Labute approximate surface area is 181 Å². The lowest BCUT2D eigenvalue weighted by atomic mass is 10.0. The molecule has 1 saturated heterocycles. The molecule has 1 fully saturated rings. The second kappa shape index (κ2) is 11.1. The summed E-state index contributed by atoms with van der Waals surface area (Å²) in [6.45, 7) is 1.93. The van der Waals surface area contributed by atoms with E-state index in [0.717, 1.165) is 31.5 Å². The van der Waals surface area contributed by atoms with Crippen LogP contribution >= 0.6 is 48.0 Å². The molecule has 0 spiro atoms. The minimum absolute atomic E-state index is 0. The second-order valence-corrected chi connectivity index (χ2v) is 7.07. The number of nitrogens with one attached hydrogen (secondary N) is 1. The summed E-state index contributed by atoms with van der Waals surface area (Å²) >= 11 is 12.1. The number of piperidine rings is 1. The first-order chi connectivity index (χ1) is 12.0. The molecule has 1 aromatic heterocycles. The maximum atomic E-state index is 12.4. The number of benzene rings is 1. The SMILES string of the molecule is CN(C(=O)CCc1ncc(-c2ccc(Cl)cc2Cl)o1)C1CCNCC1.Cl.Cl. The maximum Gasteiger partial charge on any atom is 0.223 e. The highest BCUT2D eigenvalue weighted by Crippen LogP contribution is 2.30. The van der Waals surface area contributed by atoms with Crippen LogP contribution in [0.25, 0.3) is 11.3 Å². The number of hydrogen-bond acceptors (Lipinski definition) is 4. The normalized spacial score (nSPS) is 14.2. The number of nitrogens with zero attached hydrogens (tertiary/aromatic N) is 2. The zero-order valence-corrected chi connectivity index (χ0v) is 18.1. The minimum atomic E-state index is 0. The number of oxazole rings is 1. The molecular formula is C18H23Cl4N3O2. The molecule has 0 aliphatic carbocycles. The lowest BCUT2D eigenvalue weighted by Gasteiger charge is -2.31. The van der Waals surface area contributed by atoms with Gasteiger partial charge in [0, 0.05) is 36.5 Å². The van der Waals surface area contributed by atoms with Crippen molar-refractivity contribution >= 4 is 53.9 Å². The molecule has 9 heteroatoms. The zero-order valence-electron chi connectivity index (χ0n) is 14.9. The van der Waals surface area contributed by atoms with Gasteiger partial charge < -0.3 is 14.6 Å². The first-order valence-electron chi connectivity index (χ1n) is 8.41. The predicted octanol–water partition coefficient (Wildman–Crippen LogP) is 4.64. The number of carbonyl (C=O) groups is 1. The van der Waals surface area contributed by atoms with Gasteiger partial charge in [-0.05, 0) is 44.1 Å². The van der Waals surface area contributed by atoms with E-state index >= 15 is 0 Å². The Morgan fingerprint density at radius 1 is 1.30 bits per heavy atom. The average molecular weight is 455 g/mol. The molecule has 0 bridgehead atoms. The number of carbonyl (C=O) groups excluding carboxylic acids is 1. The second-order valence-electron chi connectivity index (χ2n) is 6.23. The van der Waals surface area contributed by atoms with E-state index in [2.05, 4.69) is 10.3 Å². The lowest BCUT2D eigenvalue weighted by Crippen LogP contribution is -2.44. The van der Waals surface area contributed by atoms with E-state index in [9.17, 15) is 4.79 Å². The van der Waals surface area contributed by atoms with E-state index < -0.39 is 0 Å². The van der Waals surface area contributed by atoms with Gasteiger partial charge in [-0.2, -0.15) is 0 Å². The van der Waals surface area contributed by atoms with Crippen LogP contribution in [-0.4, -0.2) is 42.0 Å². The molecule has 1 amide bonds. The molecule has 3 rings (SSSR count). The van der Waals surface area contributed by atoms with Crippen LogP contribution in [0.3, 0.4) is 0 Å². The summed E-state index contributed by atoms with van der Waals surface area (Å²) in [5, 5.41) is 4.39. The Balaban J connectivity index is 0.00000182. The van der Waals surface area contributed by atoms with Crippen molar-refractivity contribution in [3.63, 3.8) is 0 Å². The van der Waals surface area contributed by atoms with Crippen molar-refractivity contribution in [3.05, 3.63) is 40.3 Å². The molecule has 150 valence electrons. The molecule has 5 nitrogen and oxygen atoms in total. The molecule has 0 radical (unpaired) electrons. The Bertz CT molecular complexity index is 748. The van der Waals surface area contributed by atoms with Crippen molar-refractivity contribution in [2.24, 2.45) is 0 Å². The fourth-order valence-corrected chi connectivity index (χ4v) is 3.53. The van der Waals surface area contributed by atoms with E-state index in [1.807, 2.05) is 11.9 Å². The van der Waals surface area contributed by atoms with Gasteiger partial charge in [0.1, 0.15) is 0 Å². The summed E-state index contributed by atoms with van der Waals surface area (Å²) in [6.07, 6.45) is 4.49. The summed E-state index contributed by atoms with van der Waals surface area (Å²) in [4.78, 5) is 18.5.